The topological polar surface area (TPSA) is 57.5 Å². The van der Waals surface area contributed by atoms with Gasteiger partial charge in [0.2, 0.25) is 0 Å². The summed E-state index contributed by atoms with van der Waals surface area (Å²) in [4.78, 5) is 12.1. The molecule has 1 aromatic carbocycles. The van der Waals surface area contributed by atoms with Crippen LogP contribution in [0.15, 0.2) is 24.3 Å². The molecule has 0 aliphatic heterocycles. The molecule has 4 heteroatoms. The first-order valence-electron chi connectivity index (χ1n) is 6.04. The van der Waals surface area contributed by atoms with Crippen LogP contribution in [-0.2, 0) is 6.42 Å². The number of thiophene rings is 1. The van der Waals surface area contributed by atoms with Crippen LogP contribution < -0.4 is 0 Å². The molecular formula is C14H16O3S. The van der Waals surface area contributed by atoms with Crippen molar-refractivity contribution in [1.82, 2.24) is 0 Å². The summed E-state index contributed by atoms with van der Waals surface area (Å²) in [7, 11) is 0. The second kappa shape index (κ2) is 5.50. The van der Waals surface area contributed by atoms with E-state index in [2.05, 4.69) is 6.07 Å². The van der Waals surface area contributed by atoms with Crippen LogP contribution in [0.5, 0.6) is 0 Å². The lowest BCUT2D eigenvalue weighted by molar-refractivity contribution is 0.0697. The number of hydrogen-bond donors (Lipinski definition) is 2. The number of fused-ring (bicyclic) bond motifs is 1. The number of benzene rings is 1. The Bertz CT molecular complexity index is 559. The van der Waals surface area contributed by atoms with Crippen LogP contribution in [-0.4, -0.2) is 22.3 Å². The third kappa shape index (κ3) is 2.89. The lowest BCUT2D eigenvalue weighted by Crippen LogP contribution is -2.04. The number of aliphatic hydroxyl groups is 1. The summed E-state index contributed by atoms with van der Waals surface area (Å²) in [5.74, 6) is -0.895. The molecule has 1 unspecified atom stereocenters. The summed E-state index contributed by atoms with van der Waals surface area (Å²) in [5.41, 5.74) is 0.324. The predicted molar refractivity (Wildman–Crippen MR) is 73.4 cm³/mol. The quantitative estimate of drug-likeness (QED) is 0.871. The van der Waals surface area contributed by atoms with Gasteiger partial charge in [-0.15, -0.1) is 11.3 Å². The normalized spacial score (nSPS) is 12.8. The molecule has 96 valence electrons. The van der Waals surface area contributed by atoms with Gasteiger partial charge in [0.15, 0.2) is 0 Å². The van der Waals surface area contributed by atoms with E-state index in [1.807, 2.05) is 13.0 Å². The van der Waals surface area contributed by atoms with E-state index in [0.717, 1.165) is 29.3 Å². The average molecular weight is 264 g/mol. The van der Waals surface area contributed by atoms with Crippen molar-refractivity contribution < 1.29 is 15.0 Å². The second-order valence-electron chi connectivity index (χ2n) is 4.37. The molecule has 0 radical (unpaired) electrons. The molecule has 0 aliphatic carbocycles. The van der Waals surface area contributed by atoms with E-state index in [4.69, 9.17) is 5.11 Å². The van der Waals surface area contributed by atoms with Crippen LogP contribution in [0.4, 0.5) is 0 Å². The number of rotatable bonds is 5. The van der Waals surface area contributed by atoms with E-state index >= 15 is 0 Å². The van der Waals surface area contributed by atoms with Crippen molar-refractivity contribution in [2.75, 3.05) is 0 Å². The predicted octanol–water partition coefficient (Wildman–Crippen LogP) is 3.30. The first kappa shape index (κ1) is 13.1. The maximum atomic E-state index is 10.9. The minimum Gasteiger partial charge on any atom is -0.478 e. The number of aromatic carboxylic acids is 1. The molecule has 2 rings (SSSR count). The fourth-order valence-corrected chi connectivity index (χ4v) is 2.97. The molecule has 18 heavy (non-hydrogen) atoms. The first-order valence-corrected chi connectivity index (χ1v) is 6.85. The zero-order valence-electron chi connectivity index (χ0n) is 10.2. The van der Waals surface area contributed by atoms with Crippen LogP contribution in [0.1, 0.15) is 35.0 Å². The SMILES string of the molecule is CCC(O)CCc1cc2ccc(C(=O)O)cc2s1. The summed E-state index contributed by atoms with van der Waals surface area (Å²) >= 11 is 1.61. The molecule has 0 aliphatic rings. The second-order valence-corrected chi connectivity index (χ2v) is 5.54. The summed E-state index contributed by atoms with van der Waals surface area (Å²) in [6.45, 7) is 1.97. The lowest BCUT2D eigenvalue weighted by atomic mass is 10.1. The Kier molecular flexibility index (Phi) is 3.99. The van der Waals surface area contributed by atoms with Crippen molar-refractivity contribution in [3.8, 4) is 0 Å². The summed E-state index contributed by atoms with van der Waals surface area (Å²) in [6, 6.07) is 7.26. The fourth-order valence-electron chi connectivity index (χ4n) is 1.86. The van der Waals surface area contributed by atoms with Gasteiger partial charge in [0.05, 0.1) is 11.7 Å². The van der Waals surface area contributed by atoms with Crippen LogP contribution >= 0.6 is 11.3 Å². The molecule has 3 nitrogen and oxygen atoms in total. The number of carbonyl (C=O) groups is 1. The largest absolute Gasteiger partial charge is 0.478 e. The number of aryl methyl sites for hydroxylation is 1. The Hall–Kier alpha value is -1.39. The Morgan fingerprint density at radius 3 is 2.83 bits per heavy atom. The Balaban J connectivity index is 2.19. The highest BCUT2D eigenvalue weighted by atomic mass is 32.1. The zero-order valence-corrected chi connectivity index (χ0v) is 11.0. The summed E-state index contributed by atoms with van der Waals surface area (Å²) < 4.78 is 0.996. The minimum atomic E-state index is -0.895. The van der Waals surface area contributed by atoms with Gasteiger partial charge < -0.3 is 10.2 Å². The average Bonchev–Trinajstić information content (AvgIpc) is 2.77. The molecular weight excluding hydrogens is 248 g/mol. The number of aliphatic hydroxyl groups excluding tert-OH is 1. The monoisotopic (exact) mass is 264 g/mol. The van der Waals surface area contributed by atoms with Gasteiger partial charge in [-0.1, -0.05) is 13.0 Å². The molecule has 1 atom stereocenters. The van der Waals surface area contributed by atoms with Crippen LogP contribution in [0.2, 0.25) is 0 Å². The maximum Gasteiger partial charge on any atom is 0.335 e. The van der Waals surface area contributed by atoms with E-state index < -0.39 is 5.97 Å². The molecule has 1 aromatic heterocycles. The van der Waals surface area contributed by atoms with Gasteiger partial charge in [-0.3, -0.25) is 0 Å². The van der Waals surface area contributed by atoms with Gasteiger partial charge in [0, 0.05) is 9.58 Å². The summed E-state index contributed by atoms with van der Waals surface area (Å²) in [6.07, 6.45) is 2.13. The smallest absolute Gasteiger partial charge is 0.335 e. The molecule has 0 fully saturated rings. The number of hydrogen-bond acceptors (Lipinski definition) is 3. The molecule has 0 spiro atoms. The number of carboxylic acid groups (broad SMARTS) is 1. The van der Waals surface area contributed by atoms with Gasteiger partial charge in [-0.25, -0.2) is 4.79 Å². The van der Waals surface area contributed by atoms with E-state index in [-0.39, 0.29) is 6.10 Å². The van der Waals surface area contributed by atoms with Crippen molar-refractivity contribution >= 4 is 27.4 Å². The third-order valence-electron chi connectivity index (χ3n) is 3.01. The van der Waals surface area contributed by atoms with Crippen LogP contribution in [0.25, 0.3) is 10.1 Å². The Morgan fingerprint density at radius 2 is 2.17 bits per heavy atom. The third-order valence-corrected chi connectivity index (χ3v) is 4.17. The molecule has 1 heterocycles. The molecule has 0 saturated carbocycles. The van der Waals surface area contributed by atoms with Crippen molar-refractivity contribution in [2.24, 2.45) is 0 Å². The Morgan fingerprint density at radius 1 is 1.39 bits per heavy atom. The molecule has 0 bridgehead atoms. The van der Waals surface area contributed by atoms with E-state index in [9.17, 15) is 9.90 Å². The first-order chi connectivity index (χ1) is 8.60. The van der Waals surface area contributed by atoms with E-state index in [1.165, 1.54) is 4.88 Å². The molecule has 2 N–H and O–H groups in total. The lowest BCUT2D eigenvalue weighted by Gasteiger charge is -2.04. The summed E-state index contributed by atoms with van der Waals surface area (Å²) in [5, 5.41) is 19.5. The highest BCUT2D eigenvalue weighted by Gasteiger charge is 2.08. The van der Waals surface area contributed by atoms with E-state index in [0.29, 0.717) is 5.56 Å². The molecule has 2 aromatic rings. The Labute approximate surface area is 110 Å². The van der Waals surface area contributed by atoms with Crippen LogP contribution in [0.3, 0.4) is 0 Å². The van der Waals surface area contributed by atoms with Gasteiger partial charge in [0.25, 0.3) is 0 Å². The highest BCUT2D eigenvalue weighted by molar-refractivity contribution is 7.19. The van der Waals surface area contributed by atoms with Gasteiger partial charge >= 0.3 is 5.97 Å². The maximum absolute atomic E-state index is 10.9. The van der Waals surface area contributed by atoms with Crippen LogP contribution in [0, 0.1) is 0 Å². The van der Waals surface area contributed by atoms with Crippen molar-refractivity contribution in [3.05, 3.63) is 34.7 Å². The van der Waals surface area contributed by atoms with Gasteiger partial charge in [-0.05, 0) is 42.8 Å². The standard InChI is InChI=1S/C14H16O3S/c1-2-11(15)5-6-12-7-9-3-4-10(14(16)17)8-13(9)18-12/h3-4,7-8,11,15H,2,5-6H2,1H3,(H,16,17). The van der Waals surface area contributed by atoms with E-state index in [1.54, 1.807) is 23.5 Å². The van der Waals surface area contributed by atoms with Crippen molar-refractivity contribution in [3.63, 3.8) is 0 Å². The fraction of sp³-hybridized carbons (Fsp3) is 0.357. The minimum absolute atomic E-state index is 0.246. The highest BCUT2D eigenvalue weighted by Crippen LogP contribution is 2.28. The molecule has 0 amide bonds. The number of carboxylic acids is 1. The van der Waals surface area contributed by atoms with Gasteiger partial charge in [0.1, 0.15) is 0 Å². The van der Waals surface area contributed by atoms with Crippen molar-refractivity contribution in [2.45, 2.75) is 32.3 Å². The van der Waals surface area contributed by atoms with Gasteiger partial charge in [-0.2, -0.15) is 0 Å². The zero-order chi connectivity index (χ0) is 13.1. The van der Waals surface area contributed by atoms with Crippen molar-refractivity contribution in [1.29, 1.82) is 0 Å². The molecule has 0 saturated heterocycles.